The summed E-state index contributed by atoms with van der Waals surface area (Å²) in [6.07, 6.45) is 2.98. The predicted molar refractivity (Wildman–Crippen MR) is 73.7 cm³/mol. The van der Waals surface area contributed by atoms with Crippen LogP contribution in [-0.4, -0.2) is 26.8 Å². The number of rotatable bonds is 8. The second-order valence-corrected chi connectivity index (χ2v) is 4.26. The van der Waals surface area contributed by atoms with Gasteiger partial charge in [-0.25, -0.2) is 0 Å². The molecule has 0 N–H and O–H groups in total. The topological polar surface area (TPSA) is 44.8 Å². The molecule has 4 heteroatoms. The fourth-order valence-electron chi connectivity index (χ4n) is 1.69. The van der Waals surface area contributed by atoms with Gasteiger partial charge in [-0.1, -0.05) is 19.4 Å². The molecule has 0 heterocycles. The summed E-state index contributed by atoms with van der Waals surface area (Å²) in [6.45, 7) is 2.58. The maximum atomic E-state index is 11.5. The van der Waals surface area contributed by atoms with Crippen molar-refractivity contribution >= 4 is 5.97 Å². The number of esters is 1. The maximum absolute atomic E-state index is 11.5. The molecule has 0 atom stereocenters. The molecule has 0 bridgehead atoms. The summed E-state index contributed by atoms with van der Waals surface area (Å²) in [5.41, 5.74) is 1.03. The van der Waals surface area contributed by atoms with Crippen LogP contribution in [0.15, 0.2) is 18.2 Å². The molecule has 0 radical (unpaired) electrons. The number of carbonyl (C=O) groups excluding carboxylic acids is 1. The van der Waals surface area contributed by atoms with Crippen molar-refractivity contribution in [2.45, 2.75) is 32.6 Å². The largest absolute Gasteiger partial charge is 0.493 e. The summed E-state index contributed by atoms with van der Waals surface area (Å²) in [5, 5.41) is 0. The van der Waals surface area contributed by atoms with E-state index in [0.29, 0.717) is 30.9 Å². The Kier molecular flexibility index (Phi) is 6.79. The van der Waals surface area contributed by atoms with Gasteiger partial charge in [0.25, 0.3) is 0 Å². The Bertz CT molecular complexity index is 401. The third-order valence-corrected chi connectivity index (χ3v) is 2.83. The molecule has 0 aliphatic heterocycles. The molecular formula is C15H22O4. The van der Waals surface area contributed by atoms with E-state index in [9.17, 15) is 4.79 Å². The summed E-state index contributed by atoms with van der Waals surface area (Å²) >= 11 is 0. The lowest BCUT2D eigenvalue weighted by Gasteiger charge is -2.09. The summed E-state index contributed by atoms with van der Waals surface area (Å²) in [5.74, 6) is 1.22. The van der Waals surface area contributed by atoms with Crippen molar-refractivity contribution in [3.63, 3.8) is 0 Å². The van der Waals surface area contributed by atoms with Crippen LogP contribution >= 0.6 is 0 Å². The van der Waals surface area contributed by atoms with Crippen molar-refractivity contribution in [2.75, 3.05) is 20.8 Å². The Morgan fingerprint density at radius 1 is 1.16 bits per heavy atom. The van der Waals surface area contributed by atoms with E-state index >= 15 is 0 Å². The van der Waals surface area contributed by atoms with Crippen molar-refractivity contribution < 1.29 is 19.0 Å². The minimum absolute atomic E-state index is 0.150. The van der Waals surface area contributed by atoms with Crippen LogP contribution in [0.25, 0.3) is 0 Å². The summed E-state index contributed by atoms with van der Waals surface area (Å²) in [6, 6.07) is 5.66. The first-order valence-corrected chi connectivity index (χ1v) is 6.57. The molecule has 0 aliphatic rings. The summed E-state index contributed by atoms with van der Waals surface area (Å²) in [7, 11) is 3.20. The van der Waals surface area contributed by atoms with Gasteiger partial charge in [0.1, 0.15) is 0 Å². The lowest BCUT2D eigenvalue weighted by atomic mass is 10.1. The first-order chi connectivity index (χ1) is 9.21. The van der Waals surface area contributed by atoms with Gasteiger partial charge in [-0.05, 0) is 30.5 Å². The molecule has 0 fully saturated rings. The zero-order valence-corrected chi connectivity index (χ0v) is 11.9. The van der Waals surface area contributed by atoms with Gasteiger partial charge in [0.15, 0.2) is 11.5 Å². The third-order valence-electron chi connectivity index (χ3n) is 2.83. The second kappa shape index (κ2) is 8.40. The van der Waals surface area contributed by atoms with E-state index in [1.165, 1.54) is 0 Å². The Hall–Kier alpha value is -1.71. The molecule has 0 aromatic heterocycles. The smallest absolute Gasteiger partial charge is 0.306 e. The van der Waals surface area contributed by atoms with Crippen LogP contribution in [0.5, 0.6) is 11.5 Å². The number of methoxy groups -OCH3 is 2. The first kappa shape index (κ1) is 15.3. The molecule has 0 amide bonds. The highest BCUT2D eigenvalue weighted by Gasteiger charge is 2.07. The lowest BCUT2D eigenvalue weighted by molar-refractivity contribution is -0.143. The van der Waals surface area contributed by atoms with Gasteiger partial charge in [-0.15, -0.1) is 0 Å². The van der Waals surface area contributed by atoms with Crippen LogP contribution in [0.2, 0.25) is 0 Å². The fourth-order valence-corrected chi connectivity index (χ4v) is 1.69. The molecule has 1 aromatic rings. The third kappa shape index (κ3) is 5.20. The molecular weight excluding hydrogens is 244 g/mol. The van der Waals surface area contributed by atoms with E-state index < -0.39 is 0 Å². The van der Waals surface area contributed by atoms with Crippen molar-refractivity contribution in [1.29, 1.82) is 0 Å². The summed E-state index contributed by atoms with van der Waals surface area (Å²) in [4.78, 5) is 11.5. The molecule has 0 unspecified atom stereocenters. The Balaban J connectivity index is 2.47. The minimum atomic E-state index is -0.150. The van der Waals surface area contributed by atoms with Crippen LogP contribution in [0.3, 0.4) is 0 Å². The zero-order valence-electron chi connectivity index (χ0n) is 11.9. The number of unbranched alkanes of at least 4 members (excludes halogenated alkanes) is 1. The molecule has 1 rings (SSSR count). The van der Waals surface area contributed by atoms with E-state index in [4.69, 9.17) is 14.2 Å². The quantitative estimate of drug-likeness (QED) is 0.536. The molecule has 0 spiro atoms. The lowest BCUT2D eigenvalue weighted by Crippen LogP contribution is -2.07. The molecule has 0 aliphatic carbocycles. The number of benzene rings is 1. The summed E-state index contributed by atoms with van der Waals surface area (Å²) < 4.78 is 15.5. The second-order valence-electron chi connectivity index (χ2n) is 4.26. The van der Waals surface area contributed by atoms with Crippen LogP contribution in [0, 0.1) is 0 Å². The van der Waals surface area contributed by atoms with E-state index in [2.05, 4.69) is 6.92 Å². The maximum Gasteiger partial charge on any atom is 0.306 e. The van der Waals surface area contributed by atoms with E-state index in [1.807, 2.05) is 18.2 Å². The average Bonchev–Trinajstić information content (AvgIpc) is 2.45. The Labute approximate surface area is 114 Å². The van der Waals surface area contributed by atoms with Crippen LogP contribution in [-0.2, 0) is 16.0 Å². The normalized spacial score (nSPS) is 10.1. The van der Waals surface area contributed by atoms with Crippen LogP contribution in [0.4, 0.5) is 0 Å². The van der Waals surface area contributed by atoms with Gasteiger partial charge in [0, 0.05) is 6.42 Å². The minimum Gasteiger partial charge on any atom is -0.493 e. The molecule has 106 valence electrons. The average molecular weight is 266 g/mol. The number of hydrogen-bond donors (Lipinski definition) is 0. The van der Waals surface area contributed by atoms with Crippen LogP contribution in [0.1, 0.15) is 31.7 Å². The molecule has 4 nitrogen and oxygen atoms in total. The molecule has 0 saturated heterocycles. The van der Waals surface area contributed by atoms with Gasteiger partial charge in [-0.3, -0.25) is 4.79 Å². The zero-order chi connectivity index (χ0) is 14.1. The Morgan fingerprint density at radius 2 is 1.89 bits per heavy atom. The highest BCUT2D eigenvalue weighted by atomic mass is 16.5. The van der Waals surface area contributed by atoms with Gasteiger partial charge in [0.05, 0.1) is 20.8 Å². The first-order valence-electron chi connectivity index (χ1n) is 6.57. The van der Waals surface area contributed by atoms with E-state index in [-0.39, 0.29) is 5.97 Å². The van der Waals surface area contributed by atoms with E-state index in [0.717, 1.165) is 18.4 Å². The van der Waals surface area contributed by atoms with E-state index in [1.54, 1.807) is 14.2 Å². The number of ether oxygens (including phenoxy) is 3. The highest BCUT2D eigenvalue weighted by Crippen LogP contribution is 2.27. The predicted octanol–water partition coefficient (Wildman–Crippen LogP) is 2.98. The number of aryl methyl sites for hydroxylation is 1. The monoisotopic (exact) mass is 266 g/mol. The SMILES string of the molecule is CCCCOC(=O)CCc1ccc(OC)c(OC)c1. The van der Waals surface area contributed by atoms with Gasteiger partial charge in [0.2, 0.25) is 0 Å². The standard InChI is InChI=1S/C15H22O4/c1-4-5-10-19-15(16)9-7-12-6-8-13(17-2)14(11-12)18-3/h6,8,11H,4-5,7,9-10H2,1-3H3. The Morgan fingerprint density at radius 3 is 2.53 bits per heavy atom. The van der Waals surface area contributed by atoms with Crippen molar-refractivity contribution in [3.05, 3.63) is 23.8 Å². The van der Waals surface area contributed by atoms with Gasteiger partial charge >= 0.3 is 5.97 Å². The fraction of sp³-hybridized carbons (Fsp3) is 0.533. The highest BCUT2D eigenvalue weighted by molar-refractivity contribution is 5.69. The van der Waals surface area contributed by atoms with Crippen molar-refractivity contribution in [2.24, 2.45) is 0 Å². The molecule has 0 saturated carbocycles. The molecule has 19 heavy (non-hydrogen) atoms. The van der Waals surface area contributed by atoms with Gasteiger partial charge < -0.3 is 14.2 Å². The van der Waals surface area contributed by atoms with Crippen molar-refractivity contribution in [3.8, 4) is 11.5 Å². The number of carbonyl (C=O) groups is 1. The molecule has 1 aromatic carbocycles. The number of hydrogen-bond acceptors (Lipinski definition) is 4. The van der Waals surface area contributed by atoms with Crippen LogP contribution < -0.4 is 9.47 Å². The van der Waals surface area contributed by atoms with Crippen molar-refractivity contribution in [1.82, 2.24) is 0 Å². The van der Waals surface area contributed by atoms with Gasteiger partial charge in [-0.2, -0.15) is 0 Å².